The van der Waals surface area contributed by atoms with Gasteiger partial charge in [0.25, 0.3) is 0 Å². The van der Waals surface area contributed by atoms with E-state index in [0.29, 0.717) is 22.9 Å². The van der Waals surface area contributed by atoms with Crippen LogP contribution in [0.25, 0.3) is 0 Å². The molecule has 0 saturated heterocycles. The van der Waals surface area contributed by atoms with Gasteiger partial charge in [-0.1, -0.05) is 0 Å². The summed E-state index contributed by atoms with van der Waals surface area (Å²) in [5, 5.41) is 0.893. The number of nitrogens with zero attached hydrogens (tertiary/aromatic N) is 1. The molecule has 1 aromatic heterocycles. The molecule has 1 rings (SSSR count). The summed E-state index contributed by atoms with van der Waals surface area (Å²) in [6.45, 7) is 11.8. The van der Waals surface area contributed by atoms with Crippen LogP contribution in [0.3, 0.4) is 0 Å². The molecule has 0 radical (unpaired) electrons. The highest BCUT2D eigenvalue weighted by atomic mass is 32.1. The van der Waals surface area contributed by atoms with Crippen LogP contribution in [0.15, 0.2) is 0 Å². The van der Waals surface area contributed by atoms with Crippen molar-refractivity contribution in [2.24, 2.45) is 0 Å². The van der Waals surface area contributed by atoms with Gasteiger partial charge in [0.1, 0.15) is 15.6 Å². The lowest BCUT2D eigenvalue weighted by Crippen LogP contribution is -2.22. The fraction of sp³-hybridized carbons (Fsp3) is 0.643. The van der Waals surface area contributed by atoms with Crippen LogP contribution in [0.5, 0.6) is 5.75 Å². The second-order valence-corrected chi connectivity index (χ2v) is 5.54. The molecule has 20 heavy (non-hydrogen) atoms. The predicted octanol–water partition coefficient (Wildman–Crippen LogP) is 3.14. The molecule has 0 aliphatic heterocycles. The first-order valence-electron chi connectivity index (χ1n) is 6.97. The molecule has 0 saturated carbocycles. The second-order valence-electron chi connectivity index (χ2n) is 4.54. The van der Waals surface area contributed by atoms with E-state index in [2.05, 4.69) is 18.7 Å². The monoisotopic (exact) mass is 300 g/mol. The van der Waals surface area contributed by atoms with Gasteiger partial charge in [-0.25, -0.2) is 4.79 Å². The molecule has 0 aromatic carbocycles. The van der Waals surface area contributed by atoms with Gasteiger partial charge in [-0.2, -0.15) is 0 Å². The average molecular weight is 300 g/mol. The van der Waals surface area contributed by atoms with Gasteiger partial charge in [-0.05, 0) is 34.6 Å². The van der Waals surface area contributed by atoms with Crippen molar-refractivity contribution in [3.63, 3.8) is 0 Å². The molecule has 1 heterocycles. The van der Waals surface area contributed by atoms with Crippen molar-refractivity contribution in [3.8, 4) is 5.75 Å². The third kappa shape index (κ3) is 3.56. The van der Waals surface area contributed by atoms with Crippen LogP contribution in [0, 0.1) is 0 Å². The number of hydrogen-bond acceptors (Lipinski definition) is 6. The Morgan fingerprint density at radius 2 is 1.90 bits per heavy atom. The smallest absolute Gasteiger partial charge is 0.350 e. The lowest BCUT2D eigenvalue weighted by molar-refractivity contribution is 0.0533. The average Bonchev–Trinajstić information content (AvgIpc) is 2.69. The summed E-state index contributed by atoms with van der Waals surface area (Å²) in [4.78, 5) is 14.5. The molecule has 6 heteroatoms. The molecule has 1 aromatic rings. The van der Waals surface area contributed by atoms with Crippen LogP contribution in [-0.4, -0.2) is 31.8 Å². The molecular formula is C14H24N2O3S. The van der Waals surface area contributed by atoms with Crippen molar-refractivity contribution in [2.75, 3.05) is 30.3 Å². The fourth-order valence-electron chi connectivity index (χ4n) is 1.83. The molecule has 0 aliphatic rings. The van der Waals surface area contributed by atoms with Crippen LogP contribution in [0.4, 0.5) is 10.7 Å². The van der Waals surface area contributed by atoms with Gasteiger partial charge < -0.3 is 20.1 Å². The highest BCUT2D eigenvalue weighted by molar-refractivity contribution is 7.19. The first-order valence-corrected chi connectivity index (χ1v) is 7.78. The van der Waals surface area contributed by atoms with Crippen LogP contribution >= 0.6 is 11.3 Å². The van der Waals surface area contributed by atoms with Gasteiger partial charge in [0, 0.05) is 13.1 Å². The molecule has 0 unspecified atom stereocenters. The standard InChI is InChI=1S/C14H24N2O3S/c1-6-16(7-2)13-11(19-9(4)5)10(15)12(20-13)14(17)18-8-3/h9H,6-8,15H2,1-5H3. The number of carbonyl (C=O) groups is 1. The number of anilines is 2. The highest BCUT2D eigenvalue weighted by Gasteiger charge is 2.26. The van der Waals surface area contributed by atoms with E-state index in [-0.39, 0.29) is 12.1 Å². The number of nitrogens with two attached hydrogens (primary N) is 1. The Hall–Kier alpha value is -1.43. The maximum Gasteiger partial charge on any atom is 0.350 e. The summed E-state index contributed by atoms with van der Waals surface area (Å²) >= 11 is 1.33. The van der Waals surface area contributed by atoms with Crippen molar-refractivity contribution in [2.45, 2.75) is 40.7 Å². The zero-order valence-corrected chi connectivity index (χ0v) is 13.7. The van der Waals surface area contributed by atoms with E-state index < -0.39 is 0 Å². The maximum atomic E-state index is 12.0. The molecule has 0 atom stereocenters. The molecule has 0 spiro atoms. The summed E-state index contributed by atoms with van der Waals surface area (Å²) in [5.41, 5.74) is 6.47. The Kier molecular flexibility index (Phi) is 6.13. The number of thiophene rings is 1. The fourth-order valence-corrected chi connectivity index (χ4v) is 3.01. The van der Waals surface area contributed by atoms with Crippen LogP contribution in [0.2, 0.25) is 0 Å². The molecule has 0 fully saturated rings. The topological polar surface area (TPSA) is 64.8 Å². The van der Waals surface area contributed by atoms with Crippen molar-refractivity contribution in [3.05, 3.63) is 4.88 Å². The van der Waals surface area contributed by atoms with Crippen LogP contribution < -0.4 is 15.4 Å². The largest absolute Gasteiger partial charge is 0.486 e. The van der Waals surface area contributed by atoms with E-state index in [1.54, 1.807) is 6.92 Å². The SMILES string of the molecule is CCOC(=O)c1sc(N(CC)CC)c(OC(C)C)c1N. The number of nitrogen functional groups attached to an aromatic ring is 1. The minimum atomic E-state index is -0.387. The third-order valence-corrected chi connectivity index (χ3v) is 3.97. The van der Waals surface area contributed by atoms with Crippen molar-refractivity contribution >= 4 is 28.0 Å². The zero-order valence-electron chi connectivity index (χ0n) is 12.9. The van der Waals surface area contributed by atoms with Crippen LogP contribution in [0.1, 0.15) is 44.3 Å². The van der Waals surface area contributed by atoms with E-state index >= 15 is 0 Å². The summed E-state index contributed by atoms with van der Waals surface area (Å²) in [6, 6.07) is 0. The number of hydrogen-bond donors (Lipinski definition) is 1. The molecule has 0 bridgehead atoms. The van der Waals surface area contributed by atoms with Gasteiger partial charge in [0.05, 0.1) is 12.7 Å². The van der Waals surface area contributed by atoms with Gasteiger partial charge in [-0.15, -0.1) is 11.3 Å². The second kappa shape index (κ2) is 7.38. The Balaban J connectivity index is 3.26. The number of esters is 1. The molecule has 0 amide bonds. The van der Waals surface area contributed by atoms with E-state index in [0.717, 1.165) is 18.1 Å². The Morgan fingerprint density at radius 1 is 1.30 bits per heavy atom. The number of rotatable bonds is 7. The van der Waals surface area contributed by atoms with Gasteiger partial charge in [0.15, 0.2) is 5.75 Å². The highest BCUT2D eigenvalue weighted by Crippen LogP contribution is 2.45. The van der Waals surface area contributed by atoms with Crippen molar-refractivity contribution in [1.29, 1.82) is 0 Å². The molecule has 5 nitrogen and oxygen atoms in total. The molecule has 2 N–H and O–H groups in total. The first-order chi connectivity index (χ1) is 9.46. The summed E-state index contributed by atoms with van der Waals surface area (Å²) in [7, 11) is 0. The maximum absolute atomic E-state index is 12.0. The Labute approximate surface area is 124 Å². The summed E-state index contributed by atoms with van der Waals surface area (Å²) < 4.78 is 10.9. The number of ether oxygens (including phenoxy) is 2. The van der Waals surface area contributed by atoms with Gasteiger partial charge >= 0.3 is 5.97 Å². The predicted molar refractivity (Wildman–Crippen MR) is 84.0 cm³/mol. The van der Waals surface area contributed by atoms with Gasteiger partial charge in [0.2, 0.25) is 0 Å². The van der Waals surface area contributed by atoms with Gasteiger partial charge in [-0.3, -0.25) is 0 Å². The zero-order chi connectivity index (χ0) is 15.3. The third-order valence-electron chi connectivity index (χ3n) is 2.75. The van der Waals surface area contributed by atoms with Crippen molar-refractivity contribution in [1.82, 2.24) is 0 Å². The summed E-state index contributed by atoms with van der Waals surface area (Å²) in [6.07, 6.45) is -0.00347. The Morgan fingerprint density at radius 3 is 2.35 bits per heavy atom. The minimum absolute atomic E-state index is 0.00347. The van der Waals surface area contributed by atoms with Crippen molar-refractivity contribution < 1.29 is 14.3 Å². The molecular weight excluding hydrogens is 276 g/mol. The van der Waals surface area contributed by atoms with E-state index in [9.17, 15) is 4.79 Å². The lowest BCUT2D eigenvalue weighted by Gasteiger charge is -2.21. The quantitative estimate of drug-likeness (QED) is 0.784. The molecule has 114 valence electrons. The van der Waals surface area contributed by atoms with E-state index in [1.807, 2.05) is 13.8 Å². The Bertz CT molecular complexity index is 454. The normalized spacial score (nSPS) is 10.7. The number of carbonyl (C=O) groups excluding carboxylic acids is 1. The van der Waals surface area contributed by atoms with E-state index in [4.69, 9.17) is 15.2 Å². The minimum Gasteiger partial charge on any atom is -0.486 e. The molecule has 0 aliphatic carbocycles. The first kappa shape index (κ1) is 16.6. The van der Waals surface area contributed by atoms with E-state index in [1.165, 1.54) is 11.3 Å². The lowest BCUT2D eigenvalue weighted by atomic mass is 10.3. The van der Waals surface area contributed by atoms with Crippen LogP contribution in [-0.2, 0) is 4.74 Å². The summed E-state index contributed by atoms with van der Waals surface area (Å²) in [5.74, 6) is 0.207.